The minimum atomic E-state index is -0.410. The van der Waals surface area contributed by atoms with Gasteiger partial charge in [-0.25, -0.2) is 4.98 Å². The van der Waals surface area contributed by atoms with Crippen molar-refractivity contribution in [1.82, 2.24) is 4.98 Å². The van der Waals surface area contributed by atoms with Crippen molar-refractivity contribution in [2.45, 2.75) is 24.7 Å². The third-order valence-electron chi connectivity index (χ3n) is 2.82. The molecule has 2 N–H and O–H groups in total. The number of nitrogens with two attached hydrogens (primary N) is 1. The maximum absolute atomic E-state index is 12.5. The zero-order chi connectivity index (χ0) is 9.31. The van der Waals surface area contributed by atoms with Crippen LogP contribution < -0.4 is 5.73 Å². The van der Waals surface area contributed by atoms with E-state index in [4.69, 9.17) is 5.73 Å². The van der Waals surface area contributed by atoms with Gasteiger partial charge in [0, 0.05) is 6.20 Å². The predicted octanol–water partition coefficient (Wildman–Crippen LogP) is 1.60. The maximum Gasteiger partial charge on any atom is 0.212 e. The molecule has 0 bridgehead atoms. The van der Waals surface area contributed by atoms with Gasteiger partial charge in [-0.3, -0.25) is 0 Å². The highest BCUT2D eigenvalue weighted by molar-refractivity contribution is 5.28. The van der Waals surface area contributed by atoms with E-state index in [2.05, 4.69) is 4.98 Å². The number of halogens is 1. The van der Waals surface area contributed by atoms with Crippen molar-refractivity contribution in [2.24, 2.45) is 5.73 Å². The number of rotatable bonds is 3. The first kappa shape index (κ1) is 8.63. The summed E-state index contributed by atoms with van der Waals surface area (Å²) in [5.74, 6) is -0.410. The van der Waals surface area contributed by atoms with Gasteiger partial charge >= 0.3 is 0 Å². The Morgan fingerprint density at radius 3 is 2.69 bits per heavy atom. The van der Waals surface area contributed by atoms with Gasteiger partial charge in [0.15, 0.2) is 0 Å². The molecule has 1 aliphatic rings. The fourth-order valence-electron chi connectivity index (χ4n) is 1.80. The smallest absolute Gasteiger partial charge is 0.212 e. The van der Waals surface area contributed by atoms with Crippen molar-refractivity contribution in [3.8, 4) is 0 Å². The standard InChI is InChI=1S/C10H13FN2/c11-9-2-1-8(7-13-9)10(3-4-10)5-6-12/h1-2,7H,3-6,12H2. The molecule has 1 heterocycles. The quantitative estimate of drug-likeness (QED) is 0.717. The van der Waals surface area contributed by atoms with Crippen molar-refractivity contribution in [3.05, 3.63) is 29.8 Å². The summed E-state index contributed by atoms with van der Waals surface area (Å²) < 4.78 is 12.5. The van der Waals surface area contributed by atoms with E-state index < -0.39 is 5.95 Å². The van der Waals surface area contributed by atoms with Gasteiger partial charge in [-0.05, 0) is 42.9 Å². The maximum atomic E-state index is 12.5. The molecule has 1 aromatic rings. The van der Waals surface area contributed by atoms with Crippen molar-refractivity contribution < 1.29 is 4.39 Å². The Labute approximate surface area is 77.0 Å². The lowest BCUT2D eigenvalue weighted by atomic mass is 9.94. The Bertz CT molecular complexity index is 290. The molecule has 0 spiro atoms. The average Bonchev–Trinajstić information content (AvgIpc) is 2.87. The van der Waals surface area contributed by atoms with Crippen LogP contribution in [0.2, 0.25) is 0 Å². The number of aromatic nitrogens is 1. The van der Waals surface area contributed by atoms with Gasteiger partial charge in [0.2, 0.25) is 5.95 Å². The van der Waals surface area contributed by atoms with Gasteiger partial charge < -0.3 is 5.73 Å². The van der Waals surface area contributed by atoms with Crippen LogP contribution in [-0.4, -0.2) is 11.5 Å². The molecule has 2 nitrogen and oxygen atoms in total. The SMILES string of the molecule is NCCC1(c2ccc(F)nc2)CC1. The van der Waals surface area contributed by atoms with E-state index >= 15 is 0 Å². The van der Waals surface area contributed by atoms with Gasteiger partial charge in [-0.1, -0.05) is 6.07 Å². The summed E-state index contributed by atoms with van der Waals surface area (Å²) >= 11 is 0. The second-order valence-corrected chi connectivity index (χ2v) is 3.69. The van der Waals surface area contributed by atoms with Crippen LogP contribution in [0.5, 0.6) is 0 Å². The van der Waals surface area contributed by atoms with Crippen LogP contribution in [0.25, 0.3) is 0 Å². The largest absolute Gasteiger partial charge is 0.330 e. The fraction of sp³-hybridized carbons (Fsp3) is 0.500. The molecule has 0 saturated heterocycles. The molecule has 0 amide bonds. The molecule has 1 fully saturated rings. The van der Waals surface area contributed by atoms with Crippen LogP contribution in [0.3, 0.4) is 0 Å². The zero-order valence-corrected chi connectivity index (χ0v) is 7.46. The zero-order valence-electron chi connectivity index (χ0n) is 7.46. The minimum Gasteiger partial charge on any atom is -0.330 e. The summed E-state index contributed by atoms with van der Waals surface area (Å²) in [7, 11) is 0. The third-order valence-corrected chi connectivity index (χ3v) is 2.82. The van der Waals surface area contributed by atoms with Gasteiger partial charge in [-0.2, -0.15) is 4.39 Å². The average molecular weight is 180 g/mol. The Morgan fingerprint density at radius 2 is 2.23 bits per heavy atom. The molecular formula is C10H13FN2. The van der Waals surface area contributed by atoms with E-state index in [9.17, 15) is 4.39 Å². The van der Waals surface area contributed by atoms with Crippen molar-refractivity contribution in [3.63, 3.8) is 0 Å². The van der Waals surface area contributed by atoms with Crippen molar-refractivity contribution >= 4 is 0 Å². The third kappa shape index (κ3) is 1.56. The van der Waals surface area contributed by atoms with Crippen molar-refractivity contribution in [1.29, 1.82) is 0 Å². The van der Waals surface area contributed by atoms with E-state index in [0.717, 1.165) is 24.8 Å². The molecule has 2 rings (SSSR count). The van der Waals surface area contributed by atoms with Crippen LogP contribution in [0.15, 0.2) is 18.3 Å². The molecule has 1 aromatic heterocycles. The molecule has 3 heteroatoms. The molecule has 13 heavy (non-hydrogen) atoms. The van der Waals surface area contributed by atoms with Crippen molar-refractivity contribution in [2.75, 3.05) is 6.54 Å². The van der Waals surface area contributed by atoms with E-state index in [1.54, 1.807) is 6.20 Å². The first-order chi connectivity index (χ1) is 6.27. The molecule has 0 atom stereocenters. The summed E-state index contributed by atoms with van der Waals surface area (Å²) in [4.78, 5) is 3.66. The second kappa shape index (κ2) is 3.07. The summed E-state index contributed by atoms with van der Waals surface area (Å²) in [6, 6.07) is 3.25. The van der Waals surface area contributed by atoms with E-state index in [0.29, 0.717) is 6.54 Å². The molecular weight excluding hydrogens is 167 g/mol. The number of hydrogen-bond acceptors (Lipinski definition) is 2. The normalized spacial score (nSPS) is 18.6. The Morgan fingerprint density at radius 1 is 1.46 bits per heavy atom. The molecule has 0 aliphatic heterocycles. The summed E-state index contributed by atoms with van der Waals surface area (Å²) in [5, 5.41) is 0. The van der Waals surface area contributed by atoms with Gasteiger partial charge in [0.1, 0.15) is 0 Å². The monoisotopic (exact) mass is 180 g/mol. The van der Waals surface area contributed by atoms with Gasteiger partial charge in [0.05, 0.1) is 0 Å². The van der Waals surface area contributed by atoms with Crippen LogP contribution in [0, 0.1) is 5.95 Å². The minimum absolute atomic E-state index is 0.232. The highest BCUT2D eigenvalue weighted by Gasteiger charge is 2.43. The topological polar surface area (TPSA) is 38.9 Å². The fourth-order valence-corrected chi connectivity index (χ4v) is 1.80. The Hall–Kier alpha value is -0.960. The molecule has 0 unspecified atom stereocenters. The summed E-state index contributed by atoms with van der Waals surface area (Å²) in [5.41, 5.74) is 6.90. The van der Waals surface area contributed by atoms with Crippen LogP contribution in [0.4, 0.5) is 4.39 Å². The number of hydrogen-bond donors (Lipinski definition) is 1. The van der Waals surface area contributed by atoms with Crippen LogP contribution in [0.1, 0.15) is 24.8 Å². The Kier molecular flexibility index (Phi) is 2.04. The predicted molar refractivity (Wildman–Crippen MR) is 48.8 cm³/mol. The molecule has 1 aliphatic carbocycles. The molecule has 0 aromatic carbocycles. The summed E-state index contributed by atoms with van der Waals surface area (Å²) in [6.45, 7) is 0.692. The lowest BCUT2D eigenvalue weighted by Gasteiger charge is -2.13. The first-order valence-electron chi connectivity index (χ1n) is 4.59. The van der Waals surface area contributed by atoms with Gasteiger partial charge in [-0.15, -0.1) is 0 Å². The van der Waals surface area contributed by atoms with E-state index in [1.165, 1.54) is 6.07 Å². The lowest BCUT2D eigenvalue weighted by molar-refractivity contribution is 0.572. The number of nitrogens with zero attached hydrogens (tertiary/aromatic N) is 1. The summed E-state index contributed by atoms with van der Waals surface area (Å²) in [6.07, 6.45) is 4.95. The van der Waals surface area contributed by atoms with Crippen LogP contribution in [-0.2, 0) is 5.41 Å². The van der Waals surface area contributed by atoms with E-state index in [-0.39, 0.29) is 5.41 Å². The molecule has 1 saturated carbocycles. The lowest BCUT2D eigenvalue weighted by Crippen LogP contribution is -2.13. The molecule has 70 valence electrons. The molecule has 0 radical (unpaired) electrons. The first-order valence-corrected chi connectivity index (χ1v) is 4.59. The highest BCUT2D eigenvalue weighted by atomic mass is 19.1. The second-order valence-electron chi connectivity index (χ2n) is 3.69. The van der Waals surface area contributed by atoms with E-state index in [1.807, 2.05) is 6.07 Å². The van der Waals surface area contributed by atoms with Crippen LogP contribution >= 0.6 is 0 Å². The number of pyridine rings is 1. The Balaban J connectivity index is 2.20. The highest BCUT2D eigenvalue weighted by Crippen LogP contribution is 2.50. The van der Waals surface area contributed by atoms with Gasteiger partial charge in [0.25, 0.3) is 0 Å².